The third-order valence-corrected chi connectivity index (χ3v) is 5.40. The van der Waals surface area contributed by atoms with Gasteiger partial charge >= 0.3 is 0 Å². The summed E-state index contributed by atoms with van der Waals surface area (Å²) in [6, 6.07) is 20.7. The molecule has 0 bridgehead atoms. The van der Waals surface area contributed by atoms with Crippen molar-refractivity contribution in [3.05, 3.63) is 90.9 Å². The second-order valence-electron chi connectivity index (χ2n) is 7.57. The fourth-order valence-electron chi connectivity index (χ4n) is 3.84. The minimum Gasteiger partial charge on any atom is -0.322 e. The third kappa shape index (κ3) is 3.88. The number of hydrogen-bond acceptors (Lipinski definition) is 4. The number of rotatable bonds is 5. The average Bonchev–Trinajstić information content (AvgIpc) is 3.47. The van der Waals surface area contributed by atoms with E-state index in [9.17, 15) is 9.59 Å². The molecule has 0 unspecified atom stereocenters. The number of amides is 2. The van der Waals surface area contributed by atoms with E-state index >= 15 is 0 Å². The topological polar surface area (TPSA) is 80.1 Å². The monoisotopic (exact) mass is 423 g/mol. The van der Waals surface area contributed by atoms with Crippen LogP contribution in [0.5, 0.6) is 0 Å². The zero-order chi connectivity index (χ0) is 21.9. The molecule has 7 heteroatoms. The van der Waals surface area contributed by atoms with E-state index in [2.05, 4.69) is 15.4 Å². The minimum absolute atomic E-state index is 0.108. The van der Waals surface area contributed by atoms with Crippen molar-refractivity contribution in [3.8, 4) is 16.9 Å². The molecular formula is C25H21N5O2. The Morgan fingerprint density at radius 2 is 1.81 bits per heavy atom. The van der Waals surface area contributed by atoms with Crippen LogP contribution in [0.3, 0.4) is 0 Å². The van der Waals surface area contributed by atoms with Crippen LogP contribution in [-0.4, -0.2) is 33.1 Å². The van der Waals surface area contributed by atoms with Gasteiger partial charge in [0.05, 0.1) is 11.3 Å². The Morgan fingerprint density at radius 3 is 2.56 bits per heavy atom. The van der Waals surface area contributed by atoms with Crippen molar-refractivity contribution in [3.63, 3.8) is 0 Å². The number of nitrogens with zero attached hydrogens (tertiary/aromatic N) is 4. The van der Waals surface area contributed by atoms with Crippen molar-refractivity contribution in [1.82, 2.24) is 14.8 Å². The lowest BCUT2D eigenvalue weighted by Gasteiger charge is -2.16. The highest BCUT2D eigenvalue weighted by Gasteiger charge is 2.23. The fraction of sp³-hybridized carbons (Fsp3) is 0.120. The van der Waals surface area contributed by atoms with E-state index in [0.29, 0.717) is 29.9 Å². The molecule has 1 aliphatic rings. The first-order valence-electron chi connectivity index (χ1n) is 10.5. The zero-order valence-electron chi connectivity index (χ0n) is 17.3. The Hall–Kier alpha value is -4.26. The molecule has 5 rings (SSSR count). The van der Waals surface area contributed by atoms with Crippen LogP contribution in [0.15, 0.2) is 85.3 Å². The second kappa shape index (κ2) is 8.47. The van der Waals surface area contributed by atoms with Gasteiger partial charge in [-0.1, -0.05) is 24.3 Å². The number of aromatic nitrogens is 3. The molecule has 3 heterocycles. The van der Waals surface area contributed by atoms with Crippen molar-refractivity contribution in [1.29, 1.82) is 0 Å². The van der Waals surface area contributed by atoms with E-state index in [1.165, 1.54) is 0 Å². The van der Waals surface area contributed by atoms with E-state index in [1.54, 1.807) is 28.2 Å². The number of para-hydroxylation sites is 1. The molecule has 1 N–H and O–H groups in total. The van der Waals surface area contributed by atoms with E-state index in [1.807, 2.05) is 66.7 Å². The summed E-state index contributed by atoms with van der Waals surface area (Å²) in [5.41, 5.74) is 4.00. The number of carbonyl (C=O) groups is 2. The summed E-state index contributed by atoms with van der Waals surface area (Å²) in [7, 11) is 0. The Balaban J connectivity index is 1.48. The summed E-state index contributed by atoms with van der Waals surface area (Å²) in [5, 5.41) is 7.63. The highest BCUT2D eigenvalue weighted by atomic mass is 16.2. The van der Waals surface area contributed by atoms with Gasteiger partial charge in [0, 0.05) is 48.5 Å². The maximum absolute atomic E-state index is 13.3. The van der Waals surface area contributed by atoms with Crippen LogP contribution in [0.25, 0.3) is 16.9 Å². The van der Waals surface area contributed by atoms with E-state index in [0.717, 1.165) is 23.4 Å². The molecule has 1 saturated heterocycles. The summed E-state index contributed by atoms with van der Waals surface area (Å²) < 4.78 is 1.69. The summed E-state index contributed by atoms with van der Waals surface area (Å²) in [6.45, 7) is 0.700. The molecule has 0 radical (unpaired) electrons. The normalized spacial score (nSPS) is 13.4. The summed E-state index contributed by atoms with van der Waals surface area (Å²) in [5.74, 6) is -0.174. The molecule has 158 valence electrons. The summed E-state index contributed by atoms with van der Waals surface area (Å²) >= 11 is 0. The number of benzene rings is 2. The molecule has 2 amide bonds. The second-order valence-corrected chi connectivity index (χ2v) is 7.57. The molecule has 2 aromatic carbocycles. The Kier molecular flexibility index (Phi) is 5.21. The number of hydrogen-bond donors (Lipinski definition) is 1. The Morgan fingerprint density at radius 1 is 0.969 bits per heavy atom. The van der Waals surface area contributed by atoms with Crippen LogP contribution in [0.4, 0.5) is 11.4 Å². The van der Waals surface area contributed by atoms with Crippen molar-refractivity contribution in [2.75, 3.05) is 16.8 Å². The predicted octanol–water partition coefficient (Wildman–Crippen LogP) is 4.31. The van der Waals surface area contributed by atoms with Crippen LogP contribution >= 0.6 is 0 Å². The molecule has 7 nitrogen and oxygen atoms in total. The van der Waals surface area contributed by atoms with E-state index in [4.69, 9.17) is 0 Å². The fourth-order valence-corrected chi connectivity index (χ4v) is 3.84. The van der Waals surface area contributed by atoms with Gasteiger partial charge in [-0.25, -0.2) is 4.68 Å². The number of nitrogens with one attached hydrogen (secondary N) is 1. The highest BCUT2D eigenvalue weighted by Crippen LogP contribution is 2.27. The zero-order valence-corrected chi connectivity index (χ0v) is 17.3. The van der Waals surface area contributed by atoms with Gasteiger partial charge in [-0.15, -0.1) is 0 Å². The summed E-state index contributed by atoms with van der Waals surface area (Å²) in [4.78, 5) is 31.3. The van der Waals surface area contributed by atoms with Gasteiger partial charge in [-0.2, -0.15) is 5.10 Å². The molecular weight excluding hydrogens is 402 g/mol. The van der Waals surface area contributed by atoms with E-state index in [-0.39, 0.29) is 11.8 Å². The first kappa shape index (κ1) is 19.7. The van der Waals surface area contributed by atoms with E-state index < -0.39 is 0 Å². The van der Waals surface area contributed by atoms with Crippen molar-refractivity contribution >= 4 is 23.2 Å². The molecule has 2 aromatic heterocycles. The first-order chi connectivity index (χ1) is 15.7. The maximum atomic E-state index is 13.3. The van der Waals surface area contributed by atoms with Crippen LogP contribution in [-0.2, 0) is 4.79 Å². The van der Waals surface area contributed by atoms with Crippen molar-refractivity contribution < 1.29 is 9.59 Å². The largest absolute Gasteiger partial charge is 0.322 e. The van der Waals surface area contributed by atoms with Gasteiger partial charge in [0.25, 0.3) is 5.91 Å². The van der Waals surface area contributed by atoms with Crippen LogP contribution in [0, 0.1) is 0 Å². The standard InChI is InChI=1S/C25H21N5O2/c31-23-12-6-14-29(23)21-11-4-8-19(15-21)27-25(32)22-17-30(20-9-2-1-3-10-20)28-24(22)18-7-5-13-26-16-18/h1-5,7-11,13,15-17H,6,12,14H2,(H,27,32). The molecule has 32 heavy (non-hydrogen) atoms. The number of anilines is 2. The quantitative estimate of drug-likeness (QED) is 0.519. The summed E-state index contributed by atoms with van der Waals surface area (Å²) in [6.07, 6.45) is 6.50. The van der Waals surface area contributed by atoms with Crippen LogP contribution in [0.1, 0.15) is 23.2 Å². The van der Waals surface area contributed by atoms with Gasteiger partial charge in [-0.3, -0.25) is 14.6 Å². The van der Waals surface area contributed by atoms with Crippen LogP contribution < -0.4 is 10.2 Å². The van der Waals surface area contributed by atoms with Gasteiger partial charge in [0.15, 0.2) is 0 Å². The van der Waals surface area contributed by atoms with Crippen LogP contribution in [0.2, 0.25) is 0 Å². The molecule has 0 aliphatic carbocycles. The van der Waals surface area contributed by atoms with Gasteiger partial charge in [0.2, 0.25) is 5.91 Å². The molecule has 4 aromatic rings. The highest BCUT2D eigenvalue weighted by molar-refractivity contribution is 6.08. The van der Waals surface area contributed by atoms with Gasteiger partial charge in [-0.05, 0) is 48.9 Å². The average molecular weight is 423 g/mol. The molecule has 1 fully saturated rings. The molecule has 1 aliphatic heterocycles. The lowest BCUT2D eigenvalue weighted by Crippen LogP contribution is -2.23. The first-order valence-corrected chi connectivity index (χ1v) is 10.5. The maximum Gasteiger partial charge on any atom is 0.259 e. The Bertz CT molecular complexity index is 1270. The van der Waals surface area contributed by atoms with Crippen molar-refractivity contribution in [2.45, 2.75) is 12.8 Å². The number of carbonyl (C=O) groups excluding carboxylic acids is 2. The molecule has 0 atom stereocenters. The Labute approximate surface area is 185 Å². The lowest BCUT2D eigenvalue weighted by molar-refractivity contribution is -0.117. The smallest absolute Gasteiger partial charge is 0.259 e. The van der Waals surface area contributed by atoms with Crippen molar-refractivity contribution in [2.24, 2.45) is 0 Å². The molecule has 0 saturated carbocycles. The molecule has 0 spiro atoms. The lowest BCUT2D eigenvalue weighted by atomic mass is 10.1. The number of pyridine rings is 1. The van der Waals surface area contributed by atoms with Gasteiger partial charge in [0.1, 0.15) is 5.69 Å². The SMILES string of the molecule is O=C(Nc1cccc(N2CCCC2=O)c1)c1cn(-c2ccccc2)nc1-c1cccnc1. The predicted molar refractivity (Wildman–Crippen MR) is 123 cm³/mol. The third-order valence-electron chi connectivity index (χ3n) is 5.40. The van der Waals surface area contributed by atoms with Gasteiger partial charge < -0.3 is 10.2 Å². The minimum atomic E-state index is -0.282.